The lowest BCUT2D eigenvalue weighted by Crippen LogP contribution is -2.27. The quantitative estimate of drug-likeness (QED) is 0.387. The third-order valence-electron chi connectivity index (χ3n) is 5.21. The van der Waals surface area contributed by atoms with Gasteiger partial charge in [0.2, 0.25) is 5.91 Å². The van der Waals surface area contributed by atoms with Gasteiger partial charge in [-0.1, -0.05) is 63.2 Å². The molecule has 0 saturated carbocycles. The molecule has 4 aromatic rings. The Bertz CT molecular complexity index is 1190. The Hall–Kier alpha value is -3.67. The van der Waals surface area contributed by atoms with Crippen molar-refractivity contribution in [3.05, 3.63) is 72.6 Å². The molecule has 0 aliphatic carbocycles. The van der Waals surface area contributed by atoms with Crippen molar-refractivity contribution >= 4 is 28.4 Å². The summed E-state index contributed by atoms with van der Waals surface area (Å²) in [6.07, 6.45) is 1.56. The lowest BCUT2D eigenvalue weighted by atomic mass is 9.95. The zero-order valence-electron chi connectivity index (χ0n) is 18.2. The first kappa shape index (κ1) is 20.6. The van der Waals surface area contributed by atoms with Gasteiger partial charge in [-0.3, -0.25) is 4.79 Å². The minimum atomic E-state index is -0.436. The van der Waals surface area contributed by atoms with Crippen molar-refractivity contribution in [2.75, 3.05) is 10.6 Å². The maximum atomic E-state index is 12.2. The highest BCUT2D eigenvalue weighted by atomic mass is 16.2. The number of hydrogen-bond acceptors (Lipinski definition) is 4. The third kappa shape index (κ3) is 4.58. The largest absolute Gasteiger partial charge is 0.363 e. The van der Waals surface area contributed by atoms with Crippen LogP contribution in [0.5, 0.6) is 0 Å². The van der Waals surface area contributed by atoms with Crippen molar-refractivity contribution in [3.8, 4) is 11.3 Å². The standard InChI is InChI=1S/C25H27N5O/c1-16(17-8-6-5-7-9-17)28-22-20-14-21(30-23(20)27-15-26-22)18-10-12-19(13-11-18)29-24(31)25(2,3)4/h5-16H,1-4H3,(H,29,31)(H2,26,27,28,30)/t16-/m1/s1. The minimum absolute atomic E-state index is 0.00983. The van der Waals surface area contributed by atoms with E-state index in [2.05, 4.69) is 50.7 Å². The van der Waals surface area contributed by atoms with Gasteiger partial charge in [-0.2, -0.15) is 0 Å². The van der Waals surface area contributed by atoms with Crippen LogP contribution in [-0.4, -0.2) is 20.9 Å². The van der Waals surface area contributed by atoms with Gasteiger partial charge >= 0.3 is 0 Å². The van der Waals surface area contributed by atoms with Gasteiger partial charge in [-0.15, -0.1) is 0 Å². The van der Waals surface area contributed by atoms with Gasteiger partial charge in [0.25, 0.3) is 0 Å². The molecule has 0 aliphatic heterocycles. The number of H-pyrrole nitrogens is 1. The number of aromatic amines is 1. The summed E-state index contributed by atoms with van der Waals surface area (Å²) in [7, 11) is 0. The predicted octanol–water partition coefficient (Wildman–Crippen LogP) is 5.78. The number of carbonyl (C=O) groups excluding carboxylic acids is 1. The second-order valence-corrected chi connectivity index (χ2v) is 8.73. The van der Waals surface area contributed by atoms with Crippen LogP contribution in [0.15, 0.2) is 67.0 Å². The van der Waals surface area contributed by atoms with Crippen LogP contribution in [0.25, 0.3) is 22.3 Å². The van der Waals surface area contributed by atoms with Gasteiger partial charge in [0.1, 0.15) is 17.8 Å². The molecule has 31 heavy (non-hydrogen) atoms. The molecule has 2 aromatic heterocycles. The molecule has 0 bridgehead atoms. The fraction of sp³-hybridized carbons (Fsp3) is 0.240. The number of benzene rings is 2. The van der Waals surface area contributed by atoms with E-state index in [1.165, 1.54) is 5.56 Å². The van der Waals surface area contributed by atoms with Gasteiger partial charge in [-0.05, 0) is 36.2 Å². The number of anilines is 2. The number of aromatic nitrogens is 3. The second kappa shape index (κ2) is 8.22. The summed E-state index contributed by atoms with van der Waals surface area (Å²) in [6.45, 7) is 7.80. The number of rotatable bonds is 5. The first-order chi connectivity index (χ1) is 14.8. The zero-order valence-corrected chi connectivity index (χ0v) is 18.2. The second-order valence-electron chi connectivity index (χ2n) is 8.73. The first-order valence-corrected chi connectivity index (χ1v) is 10.4. The average Bonchev–Trinajstić information content (AvgIpc) is 3.19. The summed E-state index contributed by atoms with van der Waals surface area (Å²) in [4.78, 5) is 24.4. The third-order valence-corrected chi connectivity index (χ3v) is 5.21. The van der Waals surface area contributed by atoms with Crippen LogP contribution in [0, 0.1) is 5.41 Å². The Labute approximate surface area is 182 Å². The number of hydrogen-bond donors (Lipinski definition) is 3. The van der Waals surface area contributed by atoms with E-state index in [1.54, 1.807) is 6.33 Å². The molecule has 1 amide bonds. The molecule has 0 saturated heterocycles. The molecule has 3 N–H and O–H groups in total. The zero-order chi connectivity index (χ0) is 22.0. The Balaban J connectivity index is 1.57. The predicted molar refractivity (Wildman–Crippen MR) is 126 cm³/mol. The van der Waals surface area contributed by atoms with E-state index >= 15 is 0 Å². The van der Waals surface area contributed by atoms with Crippen LogP contribution < -0.4 is 10.6 Å². The number of carbonyl (C=O) groups is 1. The molecule has 158 valence electrons. The maximum absolute atomic E-state index is 12.2. The number of nitrogens with one attached hydrogen (secondary N) is 3. The molecule has 6 heteroatoms. The van der Waals surface area contributed by atoms with Crippen molar-refractivity contribution in [3.63, 3.8) is 0 Å². The fourth-order valence-electron chi connectivity index (χ4n) is 3.29. The summed E-state index contributed by atoms with van der Waals surface area (Å²) in [6, 6.07) is 20.2. The Morgan fingerprint density at radius 2 is 1.71 bits per heavy atom. The molecular formula is C25H27N5O. The number of nitrogens with zero attached hydrogens (tertiary/aromatic N) is 2. The van der Waals surface area contributed by atoms with Gasteiger partial charge in [0.15, 0.2) is 0 Å². The van der Waals surface area contributed by atoms with Crippen molar-refractivity contribution < 1.29 is 4.79 Å². The van der Waals surface area contributed by atoms with E-state index in [9.17, 15) is 4.79 Å². The molecular weight excluding hydrogens is 386 g/mol. The molecule has 2 aromatic carbocycles. The maximum Gasteiger partial charge on any atom is 0.229 e. The highest BCUT2D eigenvalue weighted by molar-refractivity contribution is 5.95. The Morgan fingerprint density at radius 1 is 1.00 bits per heavy atom. The van der Waals surface area contributed by atoms with E-state index in [4.69, 9.17) is 0 Å². The lowest BCUT2D eigenvalue weighted by Gasteiger charge is -2.17. The summed E-state index contributed by atoms with van der Waals surface area (Å²) in [5.74, 6) is 0.780. The Morgan fingerprint density at radius 3 is 2.39 bits per heavy atom. The smallest absolute Gasteiger partial charge is 0.229 e. The molecule has 0 fully saturated rings. The molecule has 4 rings (SSSR count). The highest BCUT2D eigenvalue weighted by Crippen LogP contribution is 2.29. The SMILES string of the molecule is C[C@@H](Nc1ncnc2[nH]c(-c3ccc(NC(=O)C(C)(C)C)cc3)cc12)c1ccccc1. The van der Waals surface area contributed by atoms with E-state index < -0.39 is 5.41 Å². The molecule has 0 radical (unpaired) electrons. The Kier molecular flexibility index (Phi) is 5.46. The van der Waals surface area contributed by atoms with Crippen molar-refractivity contribution in [1.82, 2.24) is 15.0 Å². The summed E-state index contributed by atoms with van der Waals surface area (Å²) < 4.78 is 0. The molecule has 0 aliphatic rings. The fourth-order valence-corrected chi connectivity index (χ4v) is 3.29. The summed E-state index contributed by atoms with van der Waals surface area (Å²) >= 11 is 0. The molecule has 6 nitrogen and oxygen atoms in total. The van der Waals surface area contributed by atoms with Crippen LogP contribution in [-0.2, 0) is 4.79 Å². The van der Waals surface area contributed by atoms with E-state index in [0.717, 1.165) is 33.8 Å². The highest BCUT2D eigenvalue weighted by Gasteiger charge is 2.21. The van der Waals surface area contributed by atoms with Crippen LogP contribution in [0.3, 0.4) is 0 Å². The van der Waals surface area contributed by atoms with Crippen LogP contribution >= 0.6 is 0 Å². The number of amides is 1. The van der Waals surface area contributed by atoms with Gasteiger partial charge in [-0.25, -0.2) is 9.97 Å². The number of fused-ring (bicyclic) bond motifs is 1. The van der Waals surface area contributed by atoms with Gasteiger partial charge < -0.3 is 15.6 Å². The molecule has 2 heterocycles. The average molecular weight is 414 g/mol. The van der Waals surface area contributed by atoms with Crippen molar-refractivity contribution in [2.45, 2.75) is 33.7 Å². The summed E-state index contributed by atoms with van der Waals surface area (Å²) in [5.41, 5.74) is 4.26. The van der Waals surface area contributed by atoms with E-state index in [0.29, 0.717) is 0 Å². The van der Waals surface area contributed by atoms with Crippen LogP contribution in [0.2, 0.25) is 0 Å². The monoisotopic (exact) mass is 413 g/mol. The minimum Gasteiger partial charge on any atom is -0.363 e. The van der Waals surface area contributed by atoms with E-state index in [-0.39, 0.29) is 11.9 Å². The van der Waals surface area contributed by atoms with Crippen molar-refractivity contribution in [1.29, 1.82) is 0 Å². The summed E-state index contributed by atoms with van der Waals surface area (Å²) in [5, 5.41) is 7.38. The van der Waals surface area contributed by atoms with E-state index in [1.807, 2.05) is 63.2 Å². The van der Waals surface area contributed by atoms with Gasteiger partial charge in [0.05, 0.1) is 5.39 Å². The van der Waals surface area contributed by atoms with Crippen LogP contribution in [0.1, 0.15) is 39.3 Å². The molecule has 0 spiro atoms. The van der Waals surface area contributed by atoms with Crippen LogP contribution in [0.4, 0.5) is 11.5 Å². The lowest BCUT2D eigenvalue weighted by molar-refractivity contribution is -0.123. The normalized spacial score (nSPS) is 12.5. The van der Waals surface area contributed by atoms with Crippen molar-refractivity contribution in [2.24, 2.45) is 5.41 Å². The molecule has 1 atom stereocenters. The van der Waals surface area contributed by atoms with Gasteiger partial charge in [0, 0.05) is 22.8 Å². The first-order valence-electron chi connectivity index (χ1n) is 10.4. The molecule has 0 unspecified atom stereocenters. The topological polar surface area (TPSA) is 82.7 Å².